The highest BCUT2D eigenvalue weighted by molar-refractivity contribution is 5.82. The Labute approximate surface area is 75.5 Å². The fourth-order valence-corrected chi connectivity index (χ4v) is 2.02. The molecule has 1 heteroatoms. The number of hydrogen-bond donors (Lipinski definition) is 0. The fraction of sp³-hybridized carbons (Fsp3) is 0.909. The summed E-state index contributed by atoms with van der Waals surface area (Å²) in [5.74, 6) is 1.97. The van der Waals surface area contributed by atoms with Crippen molar-refractivity contribution < 1.29 is 4.79 Å². The molecule has 1 nitrogen and oxygen atoms in total. The predicted octanol–water partition coefficient (Wildman–Crippen LogP) is 3.04. The molecule has 0 amide bonds. The molecule has 0 radical (unpaired) electrons. The molecule has 0 N–H and O–H groups in total. The van der Waals surface area contributed by atoms with Gasteiger partial charge in [0, 0.05) is 11.8 Å². The van der Waals surface area contributed by atoms with Crippen LogP contribution >= 0.6 is 0 Å². The van der Waals surface area contributed by atoms with Crippen molar-refractivity contribution in [3.05, 3.63) is 0 Å². The second-order valence-corrected chi connectivity index (χ2v) is 4.51. The summed E-state index contributed by atoms with van der Waals surface area (Å²) in [6, 6.07) is 0. The Morgan fingerprint density at radius 2 is 1.67 bits per heavy atom. The average molecular weight is 168 g/mol. The second-order valence-electron chi connectivity index (χ2n) is 4.51. The van der Waals surface area contributed by atoms with Crippen LogP contribution in [0.1, 0.15) is 46.5 Å². The van der Waals surface area contributed by atoms with Crippen molar-refractivity contribution in [1.82, 2.24) is 0 Å². The zero-order valence-corrected chi connectivity index (χ0v) is 8.47. The van der Waals surface area contributed by atoms with Crippen LogP contribution in [0.3, 0.4) is 0 Å². The van der Waals surface area contributed by atoms with Gasteiger partial charge in [0.1, 0.15) is 5.78 Å². The van der Waals surface area contributed by atoms with E-state index in [9.17, 15) is 4.79 Å². The van der Waals surface area contributed by atoms with E-state index in [0.29, 0.717) is 11.7 Å². The zero-order chi connectivity index (χ0) is 9.14. The van der Waals surface area contributed by atoms with Crippen molar-refractivity contribution in [1.29, 1.82) is 0 Å². The number of hydrogen-bond acceptors (Lipinski definition) is 1. The summed E-state index contributed by atoms with van der Waals surface area (Å²) >= 11 is 0. The lowest BCUT2D eigenvalue weighted by molar-refractivity contribution is -0.127. The van der Waals surface area contributed by atoms with Gasteiger partial charge in [-0.2, -0.15) is 0 Å². The van der Waals surface area contributed by atoms with E-state index in [1.165, 1.54) is 12.8 Å². The topological polar surface area (TPSA) is 17.1 Å². The number of ketones is 1. The molecule has 1 aliphatic carbocycles. The maximum atomic E-state index is 11.6. The van der Waals surface area contributed by atoms with E-state index >= 15 is 0 Å². The summed E-state index contributed by atoms with van der Waals surface area (Å²) in [5, 5.41) is 0. The summed E-state index contributed by atoms with van der Waals surface area (Å²) in [5.41, 5.74) is 0. The Balaban J connectivity index is 2.39. The summed E-state index contributed by atoms with van der Waals surface area (Å²) in [6.45, 7) is 6.32. The maximum absolute atomic E-state index is 11.6. The minimum absolute atomic E-state index is 0.239. The summed E-state index contributed by atoms with van der Waals surface area (Å²) in [7, 11) is 0. The van der Waals surface area contributed by atoms with Crippen LogP contribution in [0.15, 0.2) is 0 Å². The molecule has 0 saturated heterocycles. The first-order valence-electron chi connectivity index (χ1n) is 5.15. The van der Waals surface area contributed by atoms with E-state index in [1.54, 1.807) is 0 Å². The molecule has 0 aliphatic heterocycles. The third kappa shape index (κ3) is 2.33. The van der Waals surface area contributed by atoms with Crippen molar-refractivity contribution in [3.63, 3.8) is 0 Å². The van der Waals surface area contributed by atoms with Gasteiger partial charge in [0.15, 0.2) is 0 Å². The minimum Gasteiger partial charge on any atom is -0.299 e. The molecule has 0 unspecified atom stereocenters. The van der Waals surface area contributed by atoms with Gasteiger partial charge >= 0.3 is 0 Å². The number of carbonyl (C=O) groups is 1. The minimum atomic E-state index is 0.239. The molecule has 0 heterocycles. The van der Waals surface area contributed by atoms with E-state index in [-0.39, 0.29) is 5.92 Å². The second kappa shape index (κ2) is 4.06. The largest absolute Gasteiger partial charge is 0.299 e. The first-order valence-corrected chi connectivity index (χ1v) is 5.15. The molecule has 1 aliphatic rings. The molecular weight excluding hydrogens is 148 g/mol. The van der Waals surface area contributed by atoms with Crippen LogP contribution in [0.25, 0.3) is 0 Å². The van der Waals surface area contributed by atoms with Gasteiger partial charge in [-0.1, -0.05) is 33.6 Å². The molecule has 0 aromatic rings. The van der Waals surface area contributed by atoms with E-state index in [1.807, 2.05) is 13.8 Å². The van der Waals surface area contributed by atoms with Gasteiger partial charge in [-0.3, -0.25) is 4.79 Å². The molecule has 0 spiro atoms. The fourth-order valence-electron chi connectivity index (χ4n) is 2.02. The van der Waals surface area contributed by atoms with Crippen LogP contribution in [-0.4, -0.2) is 5.78 Å². The maximum Gasteiger partial charge on any atom is 0.138 e. The molecule has 0 bridgehead atoms. The highest BCUT2D eigenvalue weighted by Crippen LogP contribution is 2.30. The van der Waals surface area contributed by atoms with E-state index < -0.39 is 0 Å². The average Bonchev–Trinajstić information content (AvgIpc) is 2.04. The van der Waals surface area contributed by atoms with Gasteiger partial charge in [-0.15, -0.1) is 0 Å². The van der Waals surface area contributed by atoms with E-state index in [2.05, 4.69) is 6.92 Å². The number of Topliss-reactive ketones (excluding diaryl/α,β-unsaturated/α-hetero) is 1. The van der Waals surface area contributed by atoms with Crippen molar-refractivity contribution >= 4 is 5.78 Å². The van der Waals surface area contributed by atoms with Crippen LogP contribution in [-0.2, 0) is 4.79 Å². The van der Waals surface area contributed by atoms with Gasteiger partial charge in [0.05, 0.1) is 0 Å². The quantitative estimate of drug-likeness (QED) is 0.619. The Kier molecular flexibility index (Phi) is 3.30. The standard InChI is InChI=1S/C11H20O/c1-8(2)11(12)10-6-4-9(3)5-7-10/h8-10H,4-7H2,1-3H3. The third-order valence-corrected chi connectivity index (χ3v) is 2.99. The van der Waals surface area contributed by atoms with Gasteiger partial charge in [-0.05, 0) is 18.8 Å². The Bertz CT molecular complexity index is 152. The molecule has 1 rings (SSSR count). The molecule has 1 saturated carbocycles. The summed E-state index contributed by atoms with van der Waals surface area (Å²) < 4.78 is 0. The van der Waals surface area contributed by atoms with Gasteiger partial charge in [0.2, 0.25) is 0 Å². The van der Waals surface area contributed by atoms with Gasteiger partial charge < -0.3 is 0 Å². The first-order chi connectivity index (χ1) is 5.61. The van der Waals surface area contributed by atoms with E-state index in [4.69, 9.17) is 0 Å². The monoisotopic (exact) mass is 168 g/mol. The van der Waals surface area contributed by atoms with Crippen LogP contribution in [0.2, 0.25) is 0 Å². The highest BCUT2D eigenvalue weighted by atomic mass is 16.1. The number of rotatable bonds is 2. The molecule has 12 heavy (non-hydrogen) atoms. The summed E-state index contributed by atoms with van der Waals surface area (Å²) in [6.07, 6.45) is 4.78. The predicted molar refractivity (Wildman–Crippen MR) is 51.0 cm³/mol. The first kappa shape index (κ1) is 9.76. The van der Waals surface area contributed by atoms with Crippen LogP contribution in [0, 0.1) is 17.8 Å². The lowest BCUT2D eigenvalue weighted by Crippen LogP contribution is -2.24. The number of carbonyl (C=O) groups excluding carboxylic acids is 1. The Hall–Kier alpha value is -0.330. The van der Waals surface area contributed by atoms with Crippen molar-refractivity contribution in [2.45, 2.75) is 46.5 Å². The lowest BCUT2D eigenvalue weighted by atomic mass is 9.78. The Morgan fingerprint density at radius 1 is 1.17 bits per heavy atom. The normalized spacial score (nSPS) is 30.7. The van der Waals surface area contributed by atoms with Gasteiger partial charge in [-0.25, -0.2) is 0 Å². The highest BCUT2D eigenvalue weighted by Gasteiger charge is 2.25. The summed E-state index contributed by atoms with van der Waals surface area (Å²) in [4.78, 5) is 11.6. The molecular formula is C11H20O. The SMILES string of the molecule is CC1CCC(C(=O)C(C)C)CC1. The molecule has 70 valence electrons. The molecule has 0 aromatic carbocycles. The zero-order valence-electron chi connectivity index (χ0n) is 8.47. The van der Waals surface area contributed by atoms with Crippen molar-refractivity contribution in [3.8, 4) is 0 Å². The van der Waals surface area contributed by atoms with Crippen LogP contribution in [0.4, 0.5) is 0 Å². The Morgan fingerprint density at radius 3 is 2.08 bits per heavy atom. The third-order valence-electron chi connectivity index (χ3n) is 2.99. The van der Waals surface area contributed by atoms with Crippen molar-refractivity contribution in [2.75, 3.05) is 0 Å². The van der Waals surface area contributed by atoms with Gasteiger partial charge in [0.25, 0.3) is 0 Å². The molecule has 0 aromatic heterocycles. The molecule has 0 atom stereocenters. The van der Waals surface area contributed by atoms with Crippen LogP contribution in [0.5, 0.6) is 0 Å². The smallest absolute Gasteiger partial charge is 0.138 e. The van der Waals surface area contributed by atoms with Crippen LogP contribution < -0.4 is 0 Å². The molecule has 1 fully saturated rings. The van der Waals surface area contributed by atoms with E-state index in [0.717, 1.165) is 18.8 Å². The lowest BCUT2D eigenvalue weighted by Gasteiger charge is -2.26. The van der Waals surface area contributed by atoms with Crippen molar-refractivity contribution in [2.24, 2.45) is 17.8 Å².